The third-order valence-corrected chi connectivity index (χ3v) is 1.83. The molecule has 0 rings (SSSR count). The lowest BCUT2D eigenvalue weighted by molar-refractivity contribution is -0.136. The third kappa shape index (κ3) is 3.73. The van der Waals surface area contributed by atoms with Crippen LogP contribution in [0.5, 0.6) is 0 Å². The quantitative estimate of drug-likeness (QED) is 0.640. The van der Waals surface area contributed by atoms with E-state index < -0.39 is 11.9 Å². The van der Waals surface area contributed by atoms with Crippen molar-refractivity contribution in [1.82, 2.24) is 0 Å². The zero-order valence-electron chi connectivity index (χ0n) is 7.83. The zero-order chi connectivity index (χ0) is 10.4. The number of rotatable bonds is 5. The predicted octanol–water partition coefficient (Wildman–Crippen LogP) is 1.66. The van der Waals surface area contributed by atoms with E-state index in [2.05, 4.69) is 0 Å². The van der Waals surface area contributed by atoms with Crippen LogP contribution in [0.15, 0.2) is 11.1 Å². The molecule has 0 bridgehead atoms. The van der Waals surface area contributed by atoms with Gasteiger partial charge < -0.3 is 10.2 Å². The third-order valence-electron chi connectivity index (χ3n) is 1.83. The fourth-order valence-electron chi connectivity index (χ4n) is 1.18. The van der Waals surface area contributed by atoms with Crippen molar-refractivity contribution in [1.29, 1.82) is 0 Å². The van der Waals surface area contributed by atoms with E-state index in [-0.39, 0.29) is 12.0 Å². The summed E-state index contributed by atoms with van der Waals surface area (Å²) in [5.41, 5.74) is 0.729. The Kier molecular flexibility index (Phi) is 4.80. The second-order valence-electron chi connectivity index (χ2n) is 2.66. The molecule has 0 aromatic carbocycles. The van der Waals surface area contributed by atoms with Gasteiger partial charge in [0.2, 0.25) is 0 Å². The molecule has 0 aromatic rings. The minimum absolute atomic E-state index is 0.175. The molecule has 0 fully saturated rings. The number of carbonyl (C=O) groups is 2. The molecule has 0 saturated heterocycles. The van der Waals surface area contributed by atoms with Crippen molar-refractivity contribution in [2.75, 3.05) is 0 Å². The van der Waals surface area contributed by atoms with Gasteiger partial charge in [-0.2, -0.15) is 0 Å². The van der Waals surface area contributed by atoms with E-state index in [0.29, 0.717) is 18.4 Å². The minimum Gasteiger partial charge on any atom is -0.481 e. The van der Waals surface area contributed by atoms with Gasteiger partial charge in [0.25, 0.3) is 0 Å². The molecule has 2 N–H and O–H groups in total. The summed E-state index contributed by atoms with van der Waals surface area (Å²) < 4.78 is 0. The molecule has 0 amide bonds. The number of carboxylic acid groups (broad SMARTS) is 2. The topological polar surface area (TPSA) is 74.6 Å². The summed E-state index contributed by atoms with van der Waals surface area (Å²) in [6, 6.07) is 0. The maximum atomic E-state index is 10.7. The van der Waals surface area contributed by atoms with Gasteiger partial charge in [-0.15, -0.1) is 0 Å². The van der Waals surface area contributed by atoms with Gasteiger partial charge in [0.05, 0.1) is 6.42 Å². The highest BCUT2D eigenvalue weighted by Crippen LogP contribution is 2.16. The highest BCUT2D eigenvalue weighted by molar-refractivity contribution is 5.88. The summed E-state index contributed by atoms with van der Waals surface area (Å²) in [7, 11) is 0. The van der Waals surface area contributed by atoms with Crippen molar-refractivity contribution in [2.24, 2.45) is 0 Å². The largest absolute Gasteiger partial charge is 0.481 e. The number of carboxylic acids is 2. The summed E-state index contributed by atoms with van der Waals surface area (Å²) in [6.45, 7) is 3.47. The molecule has 0 aliphatic rings. The van der Waals surface area contributed by atoms with Crippen molar-refractivity contribution in [3.05, 3.63) is 11.1 Å². The second kappa shape index (κ2) is 5.35. The summed E-state index contributed by atoms with van der Waals surface area (Å²) in [4.78, 5) is 21.0. The Balaban J connectivity index is 4.82. The van der Waals surface area contributed by atoms with Gasteiger partial charge in [0, 0.05) is 5.57 Å². The predicted molar refractivity (Wildman–Crippen MR) is 47.5 cm³/mol. The van der Waals surface area contributed by atoms with Crippen LogP contribution in [0.25, 0.3) is 0 Å². The van der Waals surface area contributed by atoms with E-state index in [1.807, 2.05) is 0 Å². The maximum Gasteiger partial charge on any atom is 0.331 e. The van der Waals surface area contributed by atoms with Gasteiger partial charge >= 0.3 is 11.9 Å². The van der Waals surface area contributed by atoms with Gasteiger partial charge in [-0.25, -0.2) is 4.79 Å². The molecule has 0 saturated carbocycles. The van der Waals surface area contributed by atoms with Gasteiger partial charge in [-0.3, -0.25) is 4.79 Å². The lowest BCUT2D eigenvalue weighted by Gasteiger charge is -2.06. The molecule has 4 nitrogen and oxygen atoms in total. The van der Waals surface area contributed by atoms with Crippen molar-refractivity contribution in [3.63, 3.8) is 0 Å². The van der Waals surface area contributed by atoms with Gasteiger partial charge in [0.1, 0.15) is 0 Å². The van der Waals surface area contributed by atoms with Crippen molar-refractivity contribution in [2.45, 2.75) is 33.1 Å². The first kappa shape index (κ1) is 11.7. The summed E-state index contributed by atoms with van der Waals surface area (Å²) in [6.07, 6.45) is 0.666. The summed E-state index contributed by atoms with van der Waals surface area (Å²) in [5.74, 6) is -2.00. The van der Waals surface area contributed by atoms with Crippen LogP contribution in [-0.2, 0) is 9.59 Å². The van der Waals surface area contributed by atoms with Crippen LogP contribution < -0.4 is 0 Å². The Hall–Kier alpha value is -1.32. The molecule has 0 heterocycles. The fourth-order valence-corrected chi connectivity index (χ4v) is 1.18. The molecule has 0 spiro atoms. The van der Waals surface area contributed by atoms with Crippen LogP contribution in [0.1, 0.15) is 33.1 Å². The Morgan fingerprint density at radius 2 is 1.62 bits per heavy atom. The lowest BCUT2D eigenvalue weighted by atomic mass is 10.0. The van der Waals surface area contributed by atoms with E-state index >= 15 is 0 Å². The Labute approximate surface area is 76.9 Å². The molecule has 13 heavy (non-hydrogen) atoms. The van der Waals surface area contributed by atoms with Gasteiger partial charge in [-0.1, -0.05) is 13.8 Å². The molecular formula is C9H14O4. The Bertz CT molecular complexity index is 240. The van der Waals surface area contributed by atoms with Crippen LogP contribution in [0.4, 0.5) is 0 Å². The normalized spacial score (nSPS) is 12.2. The monoisotopic (exact) mass is 186 g/mol. The van der Waals surface area contributed by atoms with Crippen LogP contribution in [-0.4, -0.2) is 22.2 Å². The molecule has 0 aliphatic carbocycles. The first-order chi connectivity index (χ1) is 6.02. The molecular weight excluding hydrogens is 172 g/mol. The van der Waals surface area contributed by atoms with Crippen LogP contribution in [0.2, 0.25) is 0 Å². The molecule has 74 valence electrons. The van der Waals surface area contributed by atoms with Gasteiger partial charge in [-0.05, 0) is 18.4 Å². The number of aliphatic carboxylic acids is 2. The molecule has 4 heteroatoms. The van der Waals surface area contributed by atoms with E-state index in [9.17, 15) is 9.59 Å². The van der Waals surface area contributed by atoms with Crippen molar-refractivity contribution < 1.29 is 19.8 Å². The SMILES string of the molecule is CCC(CC(=O)O)=C(CC)C(=O)O. The van der Waals surface area contributed by atoms with E-state index in [4.69, 9.17) is 10.2 Å². The lowest BCUT2D eigenvalue weighted by Crippen LogP contribution is -2.07. The van der Waals surface area contributed by atoms with Crippen LogP contribution in [0.3, 0.4) is 0 Å². The summed E-state index contributed by atoms with van der Waals surface area (Å²) in [5, 5.41) is 17.3. The number of hydrogen-bond donors (Lipinski definition) is 2. The first-order valence-electron chi connectivity index (χ1n) is 4.18. The highest BCUT2D eigenvalue weighted by Gasteiger charge is 2.13. The second-order valence-corrected chi connectivity index (χ2v) is 2.66. The standard InChI is InChI=1S/C9H14O4/c1-3-6(5-8(10)11)7(4-2)9(12)13/h3-5H2,1-2H3,(H,10,11)(H,12,13). The molecule has 0 aromatic heterocycles. The number of hydrogen-bond acceptors (Lipinski definition) is 2. The van der Waals surface area contributed by atoms with E-state index in [1.54, 1.807) is 13.8 Å². The van der Waals surface area contributed by atoms with Crippen molar-refractivity contribution >= 4 is 11.9 Å². The molecule has 0 unspecified atom stereocenters. The average Bonchev–Trinajstić information content (AvgIpc) is 2.02. The molecule has 0 radical (unpaired) electrons. The van der Waals surface area contributed by atoms with Gasteiger partial charge in [0.15, 0.2) is 0 Å². The maximum absolute atomic E-state index is 10.7. The Morgan fingerprint density at radius 1 is 1.08 bits per heavy atom. The van der Waals surface area contributed by atoms with Crippen LogP contribution in [0, 0.1) is 0 Å². The van der Waals surface area contributed by atoms with E-state index in [1.165, 1.54) is 0 Å². The van der Waals surface area contributed by atoms with Crippen LogP contribution >= 0.6 is 0 Å². The minimum atomic E-state index is -1.01. The first-order valence-corrected chi connectivity index (χ1v) is 4.18. The van der Waals surface area contributed by atoms with E-state index in [0.717, 1.165) is 0 Å². The average molecular weight is 186 g/mol. The molecule has 0 aliphatic heterocycles. The fraction of sp³-hybridized carbons (Fsp3) is 0.556. The zero-order valence-corrected chi connectivity index (χ0v) is 7.83. The Morgan fingerprint density at radius 3 is 1.85 bits per heavy atom. The smallest absolute Gasteiger partial charge is 0.331 e. The van der Waals surface area contributed by atoms with Crippen molar-refractivity contribution in [3.8, 4) is 0 Å². The highest BCUT2D eigenvalue weighted by atomic mass is 16.4. The summed E-state index contributed by atoms with van der Waals surface area (Å²) >= 11 is 0. The molecule has 0 atom stereocenters.